The number of hydrogen-bond acceptors (Lipinski definition) is 7. The van der Waals surface area contributed by atoms with Crippen molar-refractivity contribution in [1.82, 2.24) is 14.4 Å². The minimum absolute atomic E-state index is 0.0765. The van der Waals surface area contributed by atoms with Gasteiger partial charge in [-0.05, 0) is 57.0 Å². The minimum atomic E-state index is -0.758. The van der Waals surface area contributed by atoms with E-state index in [4.69, 9.17) is 25.8 Å². The number of amides is 2. The molecule has 0 saturated carbocycles. The summed E-state index contributed by atoms with van der Waals surface area (Å²) in [5, 5.41) is 1.04. The summed E-state index contributed by atoms with van der Waals surface area (Å²) in [6.45, 7) is 7.99. The summed E-state index contributed by atoms with van der Waals surface area (Å²) in [6, 6.07) is 10.8. The molecule has 2 aromatic carbocycles. The Labute approximate surface area is 243 Å². The summed E-state index contributed by atoms with van der Waals surface area (Å²) >= 11 is 6.04. The van der Waals surface area contributed by atoms with Crippen LogP contribution < -0.4 is 4.74 Å². The number of halogens is 1. The first-order valence-corrected chi connectivity index (χ1v) is 13.7. The molecule has 0 N–H and O–H groups in total. The van der Waals surface area contributed by atoms with Crippen molar-refractivity contribution in [2.24, 2.45) is 0 Å². The van der Waals surface area contributed by atoms with Crippen molar-refractivity contribution in [2.45, 2.75) is 39.7 Å². The highest BCUT2D eigenvalue weighted by atomic mass is 35.5. The molecule has 11 heteroatoms. The van der Waals surface area contributed by atoms with Gasteiger partial charge in [0.25, 0.3) is 11.7 Å². The molecule has 1 aliphatic heterocycles. The molecular formula is C30H34ClN3O7. The lowest BCUT2D eigenvalue weighted by Crippen LogP contribution is -2.53. The Hall–Kier alpha value is -4.05. The third kappa shape index (κ3) is 6.82. The number of methoxy groups -OCH3 is 1. The fraction of sp³-hybridized carbons (Fsp3) is 0.400. The topological polar surface area (TPSA) is 107 Å². The van der Waals surface area contributed by atoms with Gasteiger partial charge in [-0.1, -0.05) is 23.7 Å². The third-order valence-corrected chi connectivity index (χ3v) is 6.89. The van der Waals surface area contributed by atoms with E-state index >= 15 is 0 Å². The van der Waals surface area contributed by atoms with Gasteiger partial charge in [0.05, 0.1) is 24.8 Å². The summed E-state index contributed by atoms with van der Waals surface area (Å²) in [7, 11) is 1.52. The number of Topliss-reactive ketones (excluding diaryl/α,β-unsaturated/α-hetero) is 1. The number of carbonyl (C=O) groups is 4. The van der Waals surface area contributed by atoms with Gasteiger partial charge in [-0.25, -0.2) is 9.59 Å². The molecule has 0 aliphatic carbocycles. The van der Waals surface area contributed by atoms with Crippen molar-refractivity contribution in [1.29, 1.82) is 0 Å². The zero-order chi connectivity index (χ0) is 29.9. The van der Waals surface area contributed by atoms with Crippen LogP contribution in [0.25, 0.3) is 10.9 Å². The quantitative estimate of drug-likeness (QED) is 0.291. The normalized spacial score (nSPS) is 13.7. The van der Waals surface area contributed by atoms with Gasteiger partial charge in [0.15, 0.2) is 0 Å². The number of benzene rings is 2. The first-order valence-electron chi connectivity index (χ1n) is 13.4. The van der Waals surface area contributed by atoms with Crippen LogP contribution in [0.1, 0.15) is 49.2 Å². The maximum atomic E-state index is 13.6. The molecular weight excluding hydrogens is 550 g/mol. The average molecular weight is 584 g/mol. The SMILES string of the molecule is CCOC(=O)n1cc(C(=O)C(=O)N2CCN(C(=O)OC(C)(C)C)CC2)c2cc(Cc3ccc(Cl)cc3)c(OC)cc21. The number of hydrogen-bond donors (Lipinski definition) is 0. The minimum Gasteiger partial charge on any atom is -0.496 e. The molecule has 218 valence electrons. The average Bonchev–Trinajstić information content (AvgIpc) is 3.30. The highest BCUT2D eigenvalue weighted by Crippen LogP contribution is 2.32. The molecule has 2 heterocycles. The molecule has 0 unspecified atom stereocenters. The molecule has 0 spiro atoms. The Kier molecular flexibility index (Phi) is 8.92. The van der Waals surface area contributed by atoms with Crippen molar-refractivity contribution in [2.75, 3.05) is 39.9 Å². The smallest absolute Gasteiger partial charge is 0.418 e. The van der Waals surface area contributed by atoms with Gasteiger partial charge in [0.1, 0.15) is 11.4 Å². The Morgan fingerprint density at radius 2 is 1.56 bits per heavy atom. The molecule has 3 aromatic rings. The van der Waals surface area contributed by atoms with E-state index in [2.05, 4.69) is 0 Å². The second-order valence-electron chi connectivity index (χ2n) is 10.7. The molecule has 0 radical (unpaired) electrons. The lowest BCUT2D eigenvalue weighted by molar-refractivity contribution is -0.128. The molecule has 0 atom stereocenters. The summed E-state index contributed by atoms with van der Waals surface area (Å²) in [5.41, 5.74) is 1.54. The second-order valence-corrected chi connectivity index (χ2v) is 11.1. The predicted molar refractivity (Wildman–Crippen MR) is 154 cm³/mol. The standard InChI is InChI=1S/C30H34ClN3O7/c1-6-40-29(38)34-18-23(26(35)27(36)32-11-13-33(14-12-32)28(37)41-30(2,3)4)22-16-20(25(39-5)17-24(22)34)15-19-7-9-21(31)10-8-19/h7-10,16-18H,6,11-15H2,1-5H3. The summed E-state index contributed by atoms with van der Waals surface area (Å²) < 4.78 is 17.5. The number of piperazine rings is 1. The van der Waals surface area contributed by atoms with E-state index < -0.39 is 29.5 Å². The fourth-order valence-electron chi connectivity index (χ4n) is 4.65. The van der Waals surface area contributed by atoms with E-state index in [0.29, 0.717) is 28.1 Å². The number of fused-ring (bicyclic) bond motifs is 1. The Morgan fingerprint density at radius 1 is 0.927 bits per heavy atom. The van der Waals surface area contributed by atoms with Gasteiger partial charge in [0.2, 0.25) is 0 Å². The predicted octanol–water partition coefficient (Wildman–Crippen LogP) is 5.16. The maximum absolute atomic E-state index is 13.6. The van der Waals surface area contributed by atoms with Crippen LogP contribution in [0.5, 0.6) is 5.75 Å². The van der Waals surface area contributed by atoms with E-state index in [1.807, 2.05) is 12.1 Å². The van der Waals surface area contributed by atoms with Crippen molar-refractivity contribution < 1.29 is 33.4 Å². The van der Waals surface area contributed by atoms with Crippen molar-refractivity contribution >= 4 is 46.4 Å². The Morgan fingerprint density at radius 3 is 2.15 bits per heavy atom. The van der Waals surface area contributed by atoms with Crippen LogP contribution in [0.2, 0.25) is 5.02 Å². The largest absolute Gasteiger partial charge is 0.496 e. The molecule has 1 aromatic heterocycles. The first kappa shape index (κ1) is 29.9. The van der Waals surface area contributed by atoms with Crippen LogP contribution in [-0.2, 0) is 20.7 Å². The van der Waals surface area contributed by atoms with Crippen molar-refractivity contribution in [3.05, 3.63) is 64.3 Å². The zero-order valence-corrected chi connectivity index (χ0v) is 24.6. The van der Waals surface area contributed by atoms with E-state index in [1.165, 1.54) is 27.7 Å². The van der Waals surface area contributed by atoms with Crippen molar-refractivity contribution in [3.8, 4) is 5.75 Å². The van der Waals surface area contributed by atoms with Gasteiger partial charge in [-0.15, -0.1) is 0 Å². The van der Waals surface area contributed by atoms with Crippen LogP contribution in [0.15, 0.2) is 42.6 Å². The van der Waals surface area contributed by atoms with Crippen molar-refractivity contribution in [3.63, 3.8) is 0 Å². The fourth-order valence-corrected chi connectivity index (χ4v) is 4.78. The highest BCUT2D eigenvalue weighted by molar-refractivity contribution is 6.45. The highest BCUT2D eigenvalue weighted by Gasteiger charge is 2.32. The van der Waals surface area contributed by atoms with E-state index in [9.17, 15) is 19.2 Å². The molecule has 4 rings (SSSR count). The van der Waals surface area contributed by atoms with Gasteiger partial charge in [-0.3, -0.25) is 14.2 Å². The van der Waals surface area contributed by atoms with Crippen LogP contribution in [0.4, 0.5) is 9.59 Å². The zero-order valence-electron chi connectivity index (χ0n) is 23.9. The molecule has 1 fully saturated rings. The number of ether oxygens (including phenoxy) is 3. The summed E-state index contributed by atoms with van der Waals surface area (Å²) in [6.07, 6.45) is 0.665. The van der Waals surface area contributed by atoms with E-state index in [0.717, 1.165) is 11.1 Å². The van der Waals surface area contributed by atoms with Gasteiger partial charge >= 0.3 is 12.2 Å². The van der Waals surface area contributed by atoms with Crippen LogP contribution in [-0.4, -0.2) is 83.7 Å². The van der Waals surface area contributed by atoms with Crippen LogP contribution in [0.3, 0.4) is 0 Å². The lowest BCUT2D eigenvalue weighted by Gasteiger charge is -2.35. The summed E-state index contributed by atoms with van der Waals surface area (Å²) in [4.78, 5) is 55.1. The number of aromatic nitrogens is 1. The Balaban J connectivity index is 1.65. The molecule has 0 bridgehead atoms. The number of rotatable bonds is 6. The van der Waals surface area contributed by atoms with Gasteiger partial charge in [0, 0.05) is 55.3 Å². The molecule has 1 aliphatic rings. The molecule has 41 heavy (non-hydrogen) atoms. The number of carbonyl (C=O) groups excluding carboxylic acids is 4. The van der Waals surface area contributed by atoms with Crippen LogP contribution in [0, 0.1) is 0 Å². The Bertz CT molecular complexity index is 1470. The molecule has 2 amide bonds. The number of ketones is 1. The monoisotopic (exact) mass is 583 g/mol. The summed E-state index contributed by atoms with van der Waals surface area (Å²) in [5.74, 6) is -0.960. The van der Waals surface area contributed by atoms with E-state index in [-0.39, 0.29) is 38.3 Å². The van der Waals surface area contributed by atoms with Crippen LogP contribution >= 0.6 is 11.6 Å². The molecule has 10 nitrogen and oxygen atoms in total. The first-order chi connectivity index (χ1) is 19.4. The third-order valence-electron chi connectivity index (χ3n) is 6.64. The molecule has 1 saturated heterocycles. The maximum Gasteiger partial charge on any atom is 0.418 e. The van der Waals surface area contributed by atoms with Gasteiger partial charge < -0.3 is 24.0 Å². The van der Waals surface area contributed by atoms with Gasteiger partial charge in [-0.2, -0.15) is 0 Å². The van der Waals surface area contributed by atoms with E-state index in [1.54, 1.807) is 52.0 Å². The number of nitrogens with zero attached hydrogens (tertiary/aromatic N) is 3. The second kappa shape index (κ2) is 12.2. The lowest BCUT2D eigenvalue weighted by atomic mass is 10.00.